The van der Waals surface area contributed by atoms with Crippen LogP contribution in [-0.2, 0) is 11.2 Å². The van der Waals surface area contributed by atoms with Gasteiger partial charge in [-0.05, 0) is 42.3 Å². The topological polar surface area (TPSA) is 47.6 Å². The van der Waals surface area contributed by atoms with Gasteiger partial charge in [0.25, 0.3) is 0 Å². The van der Waals surface area contributed by atoms with Crippen LogP contribution in [0.15, 0.2) is 30.3 Å². The van der Waals surface area contributed by atoms with Crippen molar-refractivity contribution in [3.05, 3.63) is 51.0 Å². The first-order valence-electron chi connectivity index (χ1n) is 7.10. The maximum Gasteiger partial charge on any atom is 0.224 e. The molecule has 0 aromatic heterocycles. The van der Waals surface area contributed by atoms with Gasteiger partial charge in [0.2, 0.25) is 5.91 Å². The van der Waals surface area contributed by atoms with Crippen LogP contribution in [0.2, 0.25) is 15.1 Å². The Hall–Kier alpha value is -1.62. The summed E-state index contributed by atoms with van der Waals surface area (Å²) in [4.78, 5) is 12.2. The molecule has 0 aliphatic heterocycles. The van der Waals surface area contributed by atoms with E-state index in [1.54, 1.807) is 20.3 Å². The normalized spacial score (nSPS) is 10.4. The molecule has 7 heteroatoms. The molecule has 0 atom stereocenters. The predicted molar refractivity (Wildman–Crippen MR) is 98.0 cm³/mol. The largest absolute Gasteiger partial charge is 0.497 e. The molecule has 0 saturated heterocycles. The molecule has 24 heavy (non-hydrogen) atoms. The Morgan fingerprint density at radius 1 is 1.00 bits per heavy atom. The third-order valence-electron chi connectivity index (χ3n) is 3.39. The van der Waals surface area contributed by atoms with Crippen molar-refractivity contribution in [3.8, 4) is 11.5 Å². The fourth-order valence-corrected chi connectivity index (χ4v) is 2.75. The summed E-state index contributed by atoms with van der Waals surface area (Å²) < 4.78 is 10.5. The van der Waals surface area contributed by atoms with E-state index in [9.17, 15) is 4.79 Å². The highest BCUT2D eigenvalue weighted by atomic mass is 35.5. The van der Waals surface area contributed by atoms with Crippen molar-refractivity contribution in [3.63, 3.8) is 0 Å². The highest BCUT2D eigenvalue weighted by molar-refractivity contribution is 6.44. The summed E-state index contributed by atoms with van der Waals surface area (Å²) in [5.74, 6) is 1.22. The van der Waals surface area contributed by atoms with E-state index in [1.807, 2.05) is 12.1 Å². The lowest BCUT2D eigenvalue weighted by Crippen LogP contribution is -2.13. The van der Waals surface area contributed by atoms with E-state index in [2.05, 4.69) is 5.32 Å². The molecule has 0 bridgehead atoms. The minimum atomic E-state index is -0.194. The van der Waals surface area contributed by atoms with Gasteiger partial charge in [0.1, 0.15) is 11.5 Å². The lowest BCUT2D eigenvalue weighted by Gasteiger charge is -2.11. The fourth-order valence-electron chi connectivity index (χ4n) is 2.16. The summed E-state index contributed by atoms with van der Waals surface area (Å²) >= 11 is 17.9. The zero-order valence-electron chi connectivity index (χ0n) is 13.2. The van der Waals surface area contributed by atoms with Gasteiger partial charge in [0.05, 0.1) is 35.0 Å². The molecule has 4 nitrogen and oxygen atoms in total. The Morgan fingerprint density at radius 3 is 2.38 bits per heavy atom. The average molecular weight is 389 g/mol. The van der Waals surface area contributed by atoms with Crippen molar-refractivity contribution >= 4 is 46.4 Å². The molecule has 0 aliphatic rings. The molecule has 128 valence electrons. The number of nitrogens with one attached hydrogen (secondary N) is 1. The van der Waals surface area contributed by atoms with Gasteiger partial charge < -0.3 is 14.8 Å². The Bertz CT molecular complexity index is 750. The van der Waals surface area contributed by atoms with E-state index in [4.69, 9.17) is 44.3 Å². The lowest BCUT2D eigenvalue weighted by atomic mass is 10.1. The van der Waals surface area contributed by atoms with Crippen LogP contribution in [-0.4, -0.2) is 20.1 Å². The molecule has 0 heterocycles. The van der Waals surface area contributed by atoms with Gasteiger partial charge in [0, 0.05) is 6.42 Å². The quantitative estimate of drug-likeness (QED) is 0.689. The smallest absolute Gasteiger partial charge is 0.224 e. The number of methoxy groups -OCH3 is 2. The number of benzene rings is 2. The molecular formula is C17H16Cl3NO3. The van der Waals surface area contributed by atoms with Gasteiger partial charge in [-0.1, -0.05) is 34.8 Å². The van der Waals surface area contributed by atoms with Crippen molar-refractivity contribution in [2.75, 3.05) is 19.5 Å². The summed E-state index contributed by atoms with van der Waals surface area (Å²) in [7, 11) is 3.17. The second kappa shape index (κ2) is 8.47. The first-order chi connectivity index (χ1) is 11.4. The molecule has 2 aromatic carbocycles. The summed E-state index contributed by atoms with van der Waals surface area (Å²) in [6.45, 7) is 0. The summed E-state index contributed by atoms with van der Waals surface area (Å²) in [5, 5.41) is 3.72. The lowest BCUT2D eigenvalue weighted by molar-refractivity contribution is -0.116. The number of hydrogen-bond donors (Lipinski definition) is 1. The van der Waals surface area contributed by atoms with E-state index in [0.29, 0.717) is 38.7 Å². The van der Waals surface area contributed by atoms with Gasteiger partial charge in [-0.15, -0.1) is 0 Å². The van der Waals surface area contributed by atoms with E-state index >= 15 is 0 Å². The molecule has 2 rings (SSSR count). The van der Waals surface area contributed by atoms with Crippen LogP contribution in [0.4, 0.5) is 5.69 Å². The second-order valence-corrected chi connectivity index (χ2v) is 6.19. The van der Waals surface area contributed by atoms with Gasteiger partial charge in [-0.2, -0.15) is 0 Å². The summed E-state index contributed by atoms with van der Waals surface area (Å²) in [6, 6.07) is 8.47. The number of carbonyl (C=O) groups is 1. The van der Waals surface area contributed by atoms with Crippen molar-refractivity contribution in [2.24, 2.45) is 0 Å². The number of aryl methyl sites for hydroxylation is 1. The van der Waals surface area contributed by atoms with Crippen LogP contribution < -0.4 is 14.8 Å². The zero-order chi connectivity index (χ0) is 17.7. The minimum absolute atomic E-state index is 0.194. The Labute approximate surface area is 155 Å². The first-order valence-corrected chi connectivity index (χ1v) is 8.23. The van der Waals surface area contributed by atoms with Crippen LogP contribution in [0.25, 0.3) is 0 Å². The van der Waals surface area contributed by atoms with Crippen LogP contribution >= 0.6 is 34.8 Å². The third kappa shape index (κ3) is 4.69. The Kier molecular flexibility index (Phi) is 6.60. The SMILES string of the molecule is COc1ccc(OC)c(CCC(=O)Nc2cc(Cl)c(Cl)cc2Cl)c1. The highest BCUT2D eigenvalue weighted by Gasteiger charge is 2.11. The summed E-state index contributed by atoms with van der Waals surface area (Å²) in [5.41, 5.74) is 1.31. The number of amides is 1. The van der Waals surface area contributed by atoms with Crippen molar-refractivity contribution in [1.82, 2.24) is 0 Å². The number of ether oxygens (including phenoxy) is 2. The molecule has 0 spiro atoms. The molecule has 0 radical (unpaired) electrons. The van der Waals surface area contributed by atoms with Crippen molar-refractivity contribution < 1.29 is 14.3 Å². The molecule has 1 amide bonds. The maximum atomic E-state index is 12.2. The number of rotatable bonds is 6. The molecule has 1 N–H and O–H groups in total. The summed E-state index contributed by atoms with van der Waals surface area (Å²) in [6.07, 6.45) is 0.741. The highest BCUT2D eigenvalue weighted by Crippen LogP contribution is 2.32. The van der Waals surface area contributed by atoms with Gasteiger partial charge >= 0.3 is 0 Å². The van der Waals surface area contributed by atoms with Crippen LogP contribution in [0, 0.1) is 0 Å². The molecular weight excluding hydrogens is 373 g/mol. The molecule has 0 aliphatic carbocycles. The number of hydrogen-bond acceptors (Lipinski definition) is 3. The molecule has 0 unspecified atom stereocenters. The standard InChI is InChI=1S/C17H16Cl3NO3/c1-23-11-4-5-16(24-2)10(7-11)3-6-17(22)21-15-9-13(19)12(18)8-14(15)20/h4-5,7-9H,3,6H2,1-2H3,(H,21,22). The van der Waals surface area contributed by atoms with Crippen molar-refractivity contribution in [1.29, 1.82) is 0 Å². The minimum Gasteiger partial charge on any atom is -0.497 e. The first kappa shape index (κ1) is 18.7. The second-order valence-electron chi connectivity index (χ2n) is 4.97. The van der Waals surface area contributed by atoms with Crippen LogP contribution in [0.3, 0.4) is 0 Å². The zero-order valence-corrected chi connectivity index (χ0v) is 15.4. The van der Waals surface area contributed by atoms with Crippen LogP contribution in [0.1, 0.15) is 12.0 Å². The average Bonchev–Trinajstić information content (AvgIpc) is 2.57. The Morgan fingerprint density at radius 2 is 1.71 bits per heavy atom. The monoisotopic (exact) mass is 387 g/mol. The van der Waals surface area contributed by atoms with E-state index in [-0.39, 0.29) is 12.3 Å². The van der Waals surface area contributed by atoms with E-state index in [0.717, 1.165) is 5.56 Å². The van der Waals surface area contributed by atoms with E-state index < -0.39 is 0 Å². The van der Waals surface area contributed by atoms with Gasteiger partial charge in [0.15, 0.2) is 0 Å². The molecule has 2 aromatic rings. The van der Waals surface area contributed by atoms with Gasteiger partial charge in [-0.3, -0.25) is 4.79 Å². The Balaban J connectivity index is 2.05. The molecule has 0 saturated carbocycles. The van der Waals surface area contributed by atoms with Crippen LogP contribution in [0.5, 0.6) is 11.5 Å². The number of carbonyl (C=O) groups excluding carboxylic acids is 1. The number of anilines is 1. The third-order valence-corrected chi connectivity index (χ3v) is 4.43. The maximum absolute atomic E-state index is 12.2. The van der Waals surface area contributed by atoms with Crippen molar-refractivity contribution in [2.45, 2.75) is 12.8 Å². The number of halogens is 3. The molecule has 0 fully saturated rings. The fraction of sp³-hybridized carbons (Fsp3) is 0.235. The van der Waals surface area contributed by atoms with Gasteiger partial charge in [-0.25, -0.2) is 0 Å². The van der Waals surface area contributed by atoms with E-state index in [1.165, 1.54) is 12.1 Å². The predicted octanol–water partition coefficient (Wildman–Crippen LogP) is 5.24.